The minimum absolute atomic E-state index is 0.169. The van der Waals surface area contributed by atoms with Gasteiger partial charge >= 0.3 is 5.97 Å². The molecule has 0 bridgehead atoms. The first-order valence-electron chi connectivity index (χ1n) is 7.58. The summed E-state index contributed by atoms with van der Waals surface area (Å²) in [4.78, 5) is 12.1. The molecule has 0 heterocycles. The standard InChI is InChI=1S/C15H29NO2/c1-3-5-9-13(4-2)12-18-14(17)15(16)10-7-6-8-11-15/h13H,3-12,16H2,1-2H3. The monoisotopic (exact) mass is 255 g/mol. The van der Waals surface area contributed by atoms with Gasteiger partial charge in [0.1, 0.15) is 5.54 Å². The Morgan fingerprint density at radius 1 is 1.28 bits per heavy atom. The zero-order valence-electron chi connectivity index (χ0n) is 12.0. The molecule has 0 aromatic carbocycles. The summed E-state index contributed by atoms with van der Waals surface area (Å²) in [6.45, 7) is 4.90. The lowest BCUT2D eigenvalue weighted by atomic mass is 9.83. The normalized spacial score (nSPS) is 20.4. The number of rotatable bonds is 7. The molecule has 18 heavy (non-hydrogen) atoms. The van der Waals surface area contributed by atoms with Crippen LogP contribution < -0.4 is 5.73 Å². The Kier molecular flexibility index (Phi) is 6.69. The molecule has 3 nitrogen and oxygen atoms in total. The third-order valence-electron chi connectivity index (χ3n) is 4.15. The van der Waals surface area contributed by atoms with Gasteiger partial charge in [0.25, 0.3) is 0 Å². The van der Waals surface area contributed by atoms with Crippen LogP contribution in [0.15, 0.2) is 0 Å². The molecule has 3 heteroatoms. The van der Waals surface area contributed by atoms with Crippen LogP contribution in [0.4, 0.5) is 0 Å². The Hall–Kier alpha value is -0.570. The molecule has 1 fully saturated rings. The van der Waals surface area contributed by atoms with Gasteiger partial charge in [0.15, 0.2) is 0 Å². The number of ether oxygens (including phenoxy) is 1. The summed E-state index contributed by atoms with van der Waals surface area (Å²) in [5.41, 5.74) is 5.46. The predicted molar refractivity (Wildman–Crippen MR) is 74.3 cm³/mol. The van der Waals surface area contributed by atoms with E-state index in [1.165, 1.54) is 19.3 Å². The molecule has 0 aromatic heterocycles. The number of nitrogens with two attached hydrogens (primary N) is 1. The lowest BCUT2D eigenvalue weighted by Crippen LogP contribution is -2.50. The molecule has 0 radical (unpaired) electrons. The van der Waals surface area contributed by atoms with Gasteiger partial charge in [0.05, 0.1) is 6.61 Å². The summed E-state index contributed by atoms with van der Waals surface area (Å²) >= 11 is 0. The van der Waals surface area contributed by atoms with E-state index < -0.39 is 5.54 Å². The quantitative estimate of drug-likeness (QED) is 0.709. The van der Waals surface area contributed by atoms with E-state index in [-0.39, 0.29) is 5.97 Å². The second-order valence-corrected chi connectivity index (χ2v) is 5.73. The third-order valence-corrected chi connectivity index (χ3v) is 4.15. The third kappa shape index (κ3) is 4.60. The zero-order valence-corrected chi connectivity index (χ0v) is 12.0. The van der Waals surface area contributed by atoms with E-state index in [1.54, 1.807) is 0 Å². The average molecular weight is 255 g/mol. The summed E-state index contributed by atoms with van der Waals surface area (Å²) in [6, 6.07) is 0. The van der Waals surface area contributed by atoms with Crippen molar-refractivity contribution in [3.8, 4) is 0 Å². The second-order valence-electron chi connectivity index (χ2n) is 5.73. The molecule has 0 spiro atoms. The van der Waals surface area contributed by atoms with Crippen molar-refractivity contribution in [1.29, 1.82) is 0 Å². The van der Waals surface area contributed by atoms with Gasteiger partial charge in [-0.25, -0.2) is 0 Å². The first kappa shape index (κ1) is 15.5. The fourth-order valence-electron chi connectivity index (χ4n) is 2.62. The van der Waals surface area contributed by atoms with E-state index in [0.717, 1.165) is 38.5 Å². The van der Waals surface area contributed by atoms with Crippen LogP contribution in [0.1, 0.15) is 71.6 Å². The molecule has 1 saturated carbocycles. The number of hydrogen-bond acceptors (Lipinski definition) is 3. The summed E-state index contributed by atoms with van der Waals surface area (Å²) in [5, 5.41) is 0. The number of hydrogen-bond donors (Lipinski definition) is 1. The molecular formula is C15H29NO2. The van der Waals surface area contributed by atoms with Crippen molar-refractivity contribution in [2.75, 3.05) is 6.61 Å². The zero-order chi connectivity index (χ0) is 13.4. The highest BCUT2D eigenvalue weighted by Crippen LogP contribution is 2.27. The van der Waals surface area contributed by atoms with Gasteiger partial charge in [-0.1, -0.05) is 52.4 Å². The molecule has 1 unspecified atom stereocenters. The maximum atomic E-state index is 12.1. The maximum absolute atomic E-state index is 12.1. The van der Waals surface area contributed by atoms with Crippen LogP contribution >= 0.6 is 0 Å². The molecule has 2 N–H and O–H groups in total. The molecule has 0 aliphatic heterocycles. The highest BCUT2D eigenvalue weighted by molar-refractivity contribution is 5.80. The van der Waals surface area contributed by atoms with Crippen molar-refractivity contribution in [1.82, 2.24) is 0 Å². The number of unbranched alkanes of at least 4 members (excludes halogenated alkanes) is 1. The van der Waals surface area contributed by atoms with Crippen molar-refractivity contribution in [2.45, 2.75) is 77.2 Å². The fourth-order valence-corrected chi connectivity index (χ4v) is 2.62. The largest absolute Gasteiger partial charge is 0.464 e. The Morgan fingerprint density at radius 3 is 2.50 bits per heavy atom. The van der Waals surface area contributed by atoms with E-state index in [1.807, 2.05) is 0 Å². The highest BCUT2D eigenvalue weighted by Gasteiger charge is 2.36. The first-order chi connectivity index (χ1) is 8.62. The van der Waals surface area contributed by atoms with Gasteiger partial charge in [-0.15, -0.1) is 0 Å². The molecule has 1 rings (SSSR count). The summed E-state index contributed by atoms with van der Waals surface area (Å²) in [6.07, 6.45) is 9.52. The van der Waals surface area contributed by atoms with Gasteiger partial charge in [-0.3, -0.25) is 4.79 Å². The van der Waals surface area contributed by atoms with Gasteiger partial charge < -0.3 is 10.5 Å². The van der Waals surface area contributed by atoms with E-state index in [4.69, 9.17) is 10.5 Å². The SMILES string of the molecule is CCCCC(CC)COC(=O)C1(N)CCCCC1. The highest BCUT2D eigenvalue weighted by atomic mass is 16.5. The topological polar surface area (TPSA) is 52.3 Å². The van der Waals surface area contributed by atoms with E-state index >= 15 is 0 Å². The second kappa shape index (κ2) is 7.78. The van der Waals surface area contributed by atoms with Crippen molar-refractivity contribution in [3.63, 3.8) is 0 Å². The van der Waals surface area contributed by atoms with Gasteiger partial charge in [0.2, 0.25) is 0 Å². The van der Waals surface area contributed by atoms with Crippen LogP contribution in [0.2, 0.25) is 0 Å². The van der Waals surface area contributed by atoms with Crippen LogP contribution in [0.3, 0.4) is 0 Å². The molecule has 0 aromatic rings. The first-order valence-corrected chi connectivity index (χ1v) is 7.58. The Labute approximate surface area is 111 Å². The van der Waals surface area contributed by atoms with E-state index in [9.17, 15) is 4.79 Å². The number of carbonyl (C=O) groups is 1. The fraction of sp³-hybridized carbons (Fsp3) is 0.933. The summed E-state index contributed by atoms with van der Waals surface area (Å²) in [7, 11) is 0. The molecule has 1 aliphatic carbocycles. The van der Waals surface area contributed by atoms with E-state index in [2.05, 4.69) is 13.8 Å². The van der Waals surface area contributed by atoms with Crippen molar-refractivity contribution >= 4 is 5.97 Å². The van der Waals surface area contributed by atoms with Crippen molar-refractivity contribution in [2.24, 2.45) is 11.7 Å². The summed E-state index contributed by atoms with van der Waals surface area (Å²) in [5.74, 6) is 0.332. The minimum atomic E-state index is -0.693. The van der Waals surface area contributed by atoms with Crippen LogP contribution in [-0.4, -0.2) is 18.1 Å². The number of esters is 1. The lowest BCUT2D eigenvalue weighted by molar-refractivity contribution is -0.153. The van der Waals surface area contributed by atoms with Crippen LogP contribution in [0.5, 0.6) is 0 Å². The van der Waals surface area contributed by atoms with Gasteiger partial charge in [0, 0.05) is 0 Å². The Balaban J connectivity index is 2.34. The van der Waals surface area contributed by atoms with Crippen molar-refractivity contribution < 1.29 is 9.53 Å². The Bertz CT molecular complexity index is 247. The number of carbonyl (C=O) groups excluding carboxylic acids is 1. The molecule has 1 atom stereocenters. The molecule has 1 aliphatic rings. The van der Waals surface area contributed by atoms with Crippen LogP contribution in [0, 0.1) is 5.92 Å². The van der Waals surface area contributed by atoms with Gasteiger partial charge in [-0.2, -0.15) is 0 Å². The van der Waals surface area contributed by atoms with E-state index in [0.29, 0.717) is 12.5 Å². The molecule has 106 valence electrons. The smallest absolute Gasteiger partial charge is 0.326 e. The lowest BCUT2D eigenvalue weighted by Gasteiger charge is -2.31. The average Bonchev–Trinajstić information content (AvgIpc) is 2.39. The van der Waals surface area contributed by atoms with Gasteiger partial charge in [-0.05, 0) is 25.2 Å². The predicted octanol–water partition coefficient (Wildman–Crippen LogP) is 3.41. The Morgan fingerprint density at radius 2 is 1.94 bits per heavy atom. The summed E-state index contributed by atoms with van der Waals surface area (Å²) < 4.78 is 5.47. The molecule has 0 amide bonds. The molecular weight excluding hydrogens is 226 g/mol. The molecule has 0 saturated heterocycles. The minimum Gasteiger partial charge on any atom is -0.464 e. The van der Waals surface area contributed by atoms with Crippen LogP contribution in [-0.2, 0) is 9.53 Å². The van der Waals surface area contributed by atoms with Crippen LogP contribution in [0.25, 0.3) is 0 Å². The van der Waals surface area contributed by atoms with Crippen molar-refractivity contribution in [3.05, 3.63) is 0 Å². The maximum Gasteiger partial charge on any atom is 0.326 e.